The highest BCUT2D eigenvalue weighted by molar-refractivity contribution is 6.00. The molecular formula is C25H30O7. The average molecular weight is 443 g/mol. The minimum absolute atomic E-state index is 0.235. The first-order valence-corrected chi connectivity index (χ1v) is 10.8. The molecule has 7 nitrogen and oxygen atoms in total. The van der Waals surface area contributed by atoms with Gasteiger partial charge in [0, 0.05) is 5.56 Å². The molecule has 0 spiro atoms. The molecule has 2 N–H and O–H groups in total. The summed E-state index contributed by atoms with van der Waals surface area (Å²) in [4.78, 5) is 12.9. The van der Waals surface area contributed by atoms with Crippen LogP contribution in [0.25, 0.3) is 0 Å². The number of carbonyl (C=O) groups excluding carboxylic acids is 1. The van der Waals surface area contributed by atoms with Crippen molar-refractivity contribution in [3.05, 3.63) is 71.3 Å². The van der Waals surface area contributed by atoms with Gasteiger partial charge in [-0.2, -0.15) is 0 Å². The lowest BCUT2D eigenvalue weighted by Gasteiger charge is -2.38. The van der Waals surface area contributed by atoms with Gasteiger partial charge in [-0.3, -0.25) is 4.79 Å². The molecule has 2 aliphatic heterocycles. The number of ether oxygens (including phenoxy) is 4. The van der Waals surface area contributed by atoms with Gasteiger partial charge in [-0.1, -0.05) is 54.6 Å². The number of Topliss-reactive ketones (excluding diaryl/α,β-unsaturated/α-hetero) is 1. The second kappa shape index (κ2) is 8.67. The fourth-order valence-electron chi connectivity index (χ4n) is 4.38. The van der Waals surface area contributed by atoms with Gasteiger partial charge in [-0.15, -0.1) is 0 Å². The zero-order chi connectivity index (χ0) is 23.1. The normalized spacial score (nSPS) is 30.6. The van der Waals surface area contributed by atoms with E-state index in [1.807, 2.05) is 30.3 Å². The van der Waals surface area contributed by atoms with Crippen LogP contribution < -0.4 is 0 Å². The monoisotopic (exact) mass is 442 g/mol. The van der Waals surface area contributed by atoms with Crippen LogP contribution in [0.3, 0.4) is 0 Å². The van der Waals surface area contributed by atoms with Gasteiger partial charge in [-0.05, 0) is 38.8 Å². The predicted molar refractivity (Wildman–Crippen MR) is 116 cm³/mol. The maximum atomic E-state index is 12.9. The third-order valence-electron chi connectivity index (χ3n) is 6.17. The van der Waals surface area contributed by atoms with E-state index in [9.17, 15) is 15.0 Å². The van der Waals surface area contributed by atoms with E-state index >= 15 is 0 Å². The van der Waals surface area contributed by atoms with E-state index in [0.29, 0.717) is 11.1 Å². The number of rotatable bonds is 7. The van der Waals surface area contributed by atoms with Crippen LogP contribution in [-0.4, -0.2) is 58.1 Å². The third-order valence-corrected chi connectivity index (χ3v) is 6.17. The van der Waals surface area contributed by atoms with Crippen molar-refractivity contribution in [3.8, 4) is 0 Å². The molecule has 4 rings (SSSR count). The summed E-state index contributed by atoms with van der Waals surface area (Å²) in [5.74, 6) is -1.47. The van der Waals surface area contributed by atoms with Crippen LogP contribution in [0.4, 0.5) is 0 Å². The summed E-state index contributed by atoms with van der Waals surface area (Å²) >= 11 is 0. The van der Waals surface area contributed by atoms with Gasteiger partial charge in [0.05, 0.1) is 6.61 Å². The molecule has 0 radical (unpaired) electrons. The highest BCUT2D eigenvalue weighted by atomic mass is 16.8. The van der Waals surface area contributed by atoms with Crippen LogP contribution in [0.1, 0.15) is 42.3 Å². The predicted octanol–water partition coefficient (Wildman–Crippen LogP) is 2.75. The van der Waals surface area contributed by atoms with Gasteiger partial charge in [-0.25, -0.2) is 0 Å². The van der Waals surface area contributed by atoms with Crippen molar-refractivity contribution in [1.82, 2.24) is 0 Å². The Labute approximate surface area is 187 Å². The number of hydrogen-bond donors (Lipinski definition) is 2. The number of aryl methyl sites for hydroxylation is 1. The number of carbonyl (C=O) groups is 1. The zero-order valence-corrected chi connectivity index (χ0v) is 18.7. The Morgan fingerprint density at radius 3 is 2.38 bits per heavy atom. The minimum atomic E-state index is -1.70. The van der Waals surface area contributed by atoms with E-state index in [-0.39, 0.29) is 6.61 Å². The molecule has 0 saturated carbocycles. The van der Waals surface area contributed by atoms with Crippen molar-refractivity contribution < 1.29 is 34.0 Å². The van der Waals surface area contributed by atoms with Crippen LogP contribution in [0.5, 0.6) is 0 Å². The number of aliphatic hydroxyl groups excluding tert-OH is 2. The van der Waals surface area contributed by atoms with Crippen LogP contribution >= 0.6 is 0 Å². The van der Waals surface area contributed by atoms with Crippen LogP contribution in [0.2, 0.25) is 0 Å². The second-order valence-electron chi connectivity index (χ2n) is 9.05. The number of ketones is 1. The molecule has 32 heavy (non-hydrogen) atoms. The quantitative estimate of drug-likeness (QED) is 0.637. The molecule has 7 heteroatoms. The molecule has 0 bridgehead atoms. The van der Waals surface area contributed by atoms with E-state index in [1.165, 1.54) is 0 Å². The van der Waals surface area contributed by atoms with E-state index in [0.717, 1.165) is 5.56 Å². The van der Waals surface area contributed by atoms with E-state index in [1.54, 1.807) is 52.0 Å². The molecule has 2 heterocycles. The Morgan fingerprint density at radius 1 is 1.03 bits per heavy atom. The number of hydrogen-bond acceptors (Lipinski definition) is 7. The molecular weight excluding hydrogens is 412 g/mol. The third kappa shape index (κ3) is 4.24. The average Bonchev–Trinajstić information content (AvgIpc) is 3.22. The maximum absolute atomic E-state index is 12.9. The molecule has 6 atom stereocenters. The minimum Gasteiger partial charge on any atom is -0.387 e. The summed E-state index contributed by atoms with van der Waals surface area (Å²) in [5.41, 5.74) is 0.808. The van der Waals surface area contributed by atoms with E-state index in [2.05, 4.69) is 0 Å². The summed E-state index contributed by atoms with van der Waals surface area (Å²) in [7, 11) is 0. The molecule has 2 saturated heterocycles. The Morgan fingerprint density at radius 2 is 1.69 bits per heavy atom. The van der Waals surface area contributed by atoms with Gasteiger partial charge in [0.25, 0.3) is 0 Å². The van der Waals surface area contributed by atoms with Gasteiger partial charge >= 0.3 is 0 Å². The van der Waals surface area contributed by atoms with Crippen molar-refractivity contribution in [2.24, 2.45) is 0 Å². The molecule has 2 aliphatic rings. The Balaban J connectivity index is 1.59. The van der Waals surface area contributed by atoms with E-state index in [4.69, 9.17) is 18.9 Å². The lowest BCUT2D eigenvalue weighted by atomic mass is 9.86. The number of fused-ring (bicyclic) bond motifs is 1. The first kappa shape index (κ1) is 23.0. The Kier molecular flexibility index (Phi) is 6.24. The van der Waals surface area contributed by atoms with Crippen molar-refractivity contribution >= 4 is 5.78 Å². The fourth-order valence-corrected chi connectivity index (χ4v) is 4.38. The van der Waals surface area contributed by atoms with Crippen LogP contribution in [-0.2, 0) is 25.6 Å². The molecule has 172 valence electrons. The fraction of sp³-hybridized carbons (Fsp3) is 0.480. The second-order valence-corrected chi connectivity index (χ2v) is 9.05. The van der Waals surface area contributed by atoms with Crippen molar-refractivity contribution in [3.63, 3.8) is 0 Å². The van der Waals surface area contributed by atoms with Crippen LogP contribution in [0.15, 0.2) is 54.6 Å². The topological polar surface area (TPSA) is 94.5 Å². The first-order valence-electron chi connectivity index (χ1n) is 10.8. The summed E-state index contributed by atoms with van der Waals surface area (Å²) < 4.78 is 24.1. The lowest BCUT2D eigenvalue weighted by Crippen LogP contribution is -2.56. The largest absolute Gasteiger partial charge is 0.387 e. The Bertz CT molecular complexity index is 960. The van der Waals surface area contributed by atoms with Crippen molar-refractivity contribution in [2.45, 2.75) is 76.4 Å². The van der Waals surface area contributed by atoms with Gasteiger partial charge in [0.2, 0.25) is 0 Å². The van der Waals surface area contributed by atoms with Gasteiger partial charge in [0.15, 0.2) is 17.9 Å². The zero-order valence-electron chi connectivity index (χ0n) is 18.7. The molecule has 0 aromatic heterocycles. The smallest absolute Gasteiger partial charge is 0.194 e. The summed E-state index contributed by atoms with van der Waals surface area (Å²) in [6.07, 6.45) is -5.76. The molecule has 2 aromatic rings. The van der Waals surface area contributed by atoms with Crippen molar-refractivity contribution in [2.75, 3.05) is 0 Å². The SMILES string of the molecule is Cc1ccccc1C(=O)C(O)[C@@H](O)[C@H]1O[C@@H]2OC(C)(C)O[C@@H]2[C@]1(C)OCc1ccccc1. The number of benzene rings is 2. The molecule has 0 amide bonds. The van der Waals surface area contributed by atoms with Crippen molar-refractivity contribution in [1.29, 1.82) is 0 Å². The van der Waals surface area contributed by atoms with Gasteiger partial charge < -0.3 is 29.2 Å². The molecule has 2 fully saturated rings. The highest BCUT2D eigenvalue weighted by Crippen LogP contribution is 2.46. The molecule has 2 aromatic carbocycles. The molecule has 0 aliphatic carbocycles. The molecule has 1 unspecified atom stereocenters. The number of aliphatic hydroxyl groups is 2. The Hall–Kier alpha value is -2.13. The highest BCUT2D eigenvalue weighted by Gasteiger charge is 2.64. The van der Waals surface area contributed by atoms with Crippen LogP contribution in [0, 0.1) is 6.92 Å². The summed E-state index contributed by atoms with van der Waals surface area (Å²) in [6.45, 7) is 7.31. The van der Waals surface area contributed by atoms with Gasteiger partial charge in [0.1, 0.15) is 30.0 Å². The standard InChI is InChI=1S/C25H30O7/c1-15-10-8-9-13-17(15)18(26)19(27)20(28)21-25(4,29-14-16-11-6-5-7-12-16)22-23(30-21)32-24(2,3)31-22/h5-13,19-23,27-28H,14H2,1-4H3/t19?,20-,21-,22+,23-,25-/m1/s1. The summed E-state index contributed by atoms with van der Waals surface area (Å²) in [5, 5.41) is 21.9. The lowest BCUT2D eigenvalue weighted by molar-refractivity contribution is -0.252. The maximum Gasteiger partial charge on any atom is 0.194 e. The first-order chi connectivity index (χ1) is 15.1. The summed E-state index contributed by atoms with van der Waals surface area (Å²) in [6, 6.07) is 16.5. The van der Waals surface area contributed by atoms with E-state index < -0.39 is 47.9 Å².